The van der Waals surface area contributed by atoms with E-state index in [1.165, 1.54) is 6.07 Å². The van der Waals surface area contributed by atoms with Gasteiger partial charge in [-0.05, 0) is 23.3 Å². The summed E-state index contributed by atoms with van der Waals surface area (Å²) < 4.78 is 26.1. The molecule has 6 nitrogen and oxygen atoms in total. The van der Waals surface area contributed by atoms with E-state index in [4.69, 9.17) is 9.47 Å². The van der Waals surface area contributed by atoms with Gasteiger partial charge in [-0.2, -0.15) is 4.99 Å². The first-order chi connectivity index (χ1) is 14.5. The van der Waals surface area contributed by atoms with Crippen LogP contribution in [0.2, 0.25) is 0 Å². The molecule has 0 radical (unpaired) electrons. The second kappa shape index (κ2) is 5.90. The average molecular weight is 406 g/mol. The summed E-state index contributed by atoms with van der Waals surface area (Å²) in [6.07, 6.45) is 1.71. The van der Waals surface area contributed by atoms with Crippen LogP contribution in [-0.2, 0) is 32.7 Å². The minimum absolute atomic E-state index is 0.198. The molecule has 0 aromatic heterocycles. The number of rotatable bonds is 0. The van der Waals surface area contributed by atoms with Crippen LogP contribution in [0.4, 0.5) is 4.39 Å². The van der Waals surface area contributed by atoms with E-state index in [0.717, 1.165) is 11.1 Å². The molecule has 1 unspecified atom stereocenters. The summed E-state index contributed by atoms with van der Waals surface area (Å²) in [5, 5.41) is 0. The molecule has 3 heterocycles. The summed E-state index contributed by atoms with van der Waals surface area (Å²) in [7, 11) is 0. The minimum Gasteiger partial charge on any atom is -0.450 e. The molecule has 0 saturated carbocycles. The van der Waals surface area contributed by atoms with Crippen molar-refractivity contribution in [2.24, 2.45) is 4.99 Å². The van der Waals surface area contributed by atoms with Crippen molar-refractivity contribution < 1.29 is 23.5 Å². The number of benzene rings is 2. The maximum absolute atomic E-state index is 14.2. The van der Waals surface area contributed by atoms with Crippen LogP contribution in [0.15, 0.2) is 47.5 Å². The third-order valence-electron chi connectivity index (χ3n) is 6.80. The minimum atomic E-state index is -1.14. The van der Waals surface area contributed by atoms with Gasteiger partial charge in [-0.1, -0.05) is 30.3 Å². The highest BCUT2D eigenvalue weighted by atomic mass is 19.1. The van der Waals surface area contributed by atoms with E-state index in [2.05, 4.69) is 4.99 Å². The van der Waals surface area contributed by atoms with Crippen molar-refractivity contribution >= 4 is 17.9 Å². The molecule has 2 aromatic carbocycles. The highest BCUT2D eigenvalue weighted by Gasteiger charge is 2.54. The fourth-order valence-corrected chi connectivity index (χ4v) is 5.19. The Hall–Kier alpha value is -3.22. The number of ether oxygens (including phenoxy) is 2. The Labute approximate surface area is 172 Å². The molecule has 4 aliphatic rings. The molecule has 1 aliphatic carbocycles. The van der Waals surface area contributed by atoms with Gasteiger partial charge in [0.05, 0.1) is 5.56 Å². The zero-order valence-corrected chi connectivity index (χ0v) is 16.2. The van der Waals surface area contributed by atoms with Gasteiger partial charge in [0.2, 0.25) is 5.60 Å². The number of hydrogen-bond donors (Lipinski definition) is 0. The standard InChI is InChI=1S/C23H19FN2O4/c24-18-7-3-4-14-12-23(13-16(14)18)20(28)25-21(30-23)26-10-8-22(9-11-26)17-6-2-1-5-15(17)19(27)29-22/h1-7H,8-13H2. The quantitative estimate of drug-likeness (QED) is 0.630. The van der Waals surface area contributed by atoms with Gasteiger partial charge in [-0.3, -0.25) is 4.79 Å². The highest BCUT2D eigenvalue weighted by Crippen LogP contribution is 2.45. The number of likely N-dealkylation sites (tertiary alicyclic amines) is 1. The smallest absolute Gasteiger partial charge is 0.339 e. The Morgan fingerprint density at radius 1 is 0.933 bits per heavy atom. The molecular weight excluding hydrogens is 387 g/mol. The van der Waals surface area contributed by atoms with E-state index >= 15 is 0 Å². The first-order valence-corrected chi connectivity index (χ1v) is 10.2. The zero-order valence-electron chi connectivity index (χ0n) is 16.2. The molecule has 1 atom stereocenters. The summed E-state index contributed by atoms with van der Waals surface area (Å²) in [4.78, 5) is 31.1. The lowest BCUT2D eigenvalue weighted by atomic mass is 9.84. The van der Waals surface area contributed by atoms with Crippen LogP contribution in [0.5, 0.6) is 0 Å². The number of hydrogen-bond acceptors (Lipinski definition) is 5. The predicted molar refractivity (Wildman–Crippen MR) is 104 cm³/mol. The number of carbonyl (C=O) groups excluding carboxylic acids is 2. The Balaban J connectivity index is 1.20. The van der Waals surface area contributed by atoms with Gasteiger partial charge in [0, 0.05) is 44.3 Å². The van der Waals surface area contributed by atoms with Crippen molar-refractivity contribution in [2.75, 3.05) is 13.1 Å². The van der Waals surface area contributed by atoms with Crippen LogP contribution in [-0.4, -0.2) is 41.5 Å². The maximum atomic E-state index is 14.2. The van der Waals surface area contributed by atoms with Gasteiger partial charge in [0.15, 0.2) is 0 Å². The van der Waals surface area contributed by atoms with E-state index < -0.39 is 11.2 Å². The lowest BCUT2D eigenvalue weighted by molar-refractivity contribution is -0.130. The fraction of sp³-hybridized carbons (Fsp3) is 0.348. The number of amidine groups is 1. The Morgan fingerprint density at radius 2 is 1.73 bits per heavy atom. The number of aliphatic imine (C=N–C) groups is 1. The van der Waals surface area contributed by atoms with Crippen molar-refractivity contribution in [2.45, 2.75) is 36.9 Å². The van der Waals surface area contributed by atoms with Crippen LogP contribution in [0, 0.1) is 5.82 Å². The van der Waals surface area contributed by atoms with Gasteiger partial charge < -0.3 is 14.4 Å². The van der Waals surface area contributed by atoms with Crippen molar-refractivity contribution in [1.29, 1.82) is 0 Å². The molecule has 0 bridgehead atoms. The van der Waals surface area contributed by atoms with Gasteiger partial charge in [-0.25, -0.2) is 9.18 Å². The van der Waals surface area contributed by atoms with Crippen LogP contribution < -0.4 is 0 Å². The number of amides is 1. The first-order valence-electron chi connectivity index (χ1n) is 10.2. The van der Waals surface area contributed by atoms with Crippen LogP contribution in [0.3, 0.4) is 0 Å². The average Bonchev–Trinajstić information content (AvgIpc) is 3.37. The molecule has 6 rings (SSSR count). The van der Waals surface area contributed by atoms with Gasteiger partial charge in [0.25, 0.3) is 11.9 Å². The Kier molecular flexibility index (Phi) is 3.47. The van der Waals surface area contributed by atoms with Crippen molar-refractivity contribution in [1.82, 2.24) is 4.90 Å². The summed E-state index contributed by atoms with van der Waals surface area (Å²) in [6, 6.07) is 12.7. The van der Waals surface area contributed by atoms with E-state index in [1.807, 2.05) is 29.2 Å². The highest BCUT2D eigenvalue weighted by molar-refractivity contribution is 6.02. The van der Waals surface area contributed by atoms with Gasteiger partial charge in [0.1, 0.15) is 11.4 Å². The predicted octanol–water partition coefficient (Wildman–Crippen LogP) is 2.74. The summed E-state index contributed by atoms with van der Waals surface area (Å²) in [5.74, 6) is -0.949. The molecule has 30 heavy (non-hydrogen) atoms. The number of nitrogens with zero attached hydrogens (tertiary/aromatic N) is 2. The van der Waals surface area contributed by atoms with Crippen molar-refractivity contribution in [3.05, 3.63) is 70.5 Å². The van der Waals surface area contributed by atoms with Crippen molar-refractivity contribution in [3.63, 3.8) is 0 Å². The molecule has 0 N–H and O–H groups in total. The molecule has 2 aromatic rings. The first kappa shape index (κ1) is 17.6. The topological polar surface area (TPSA) is 68.2 Å². The number of piperidine rings is 1. The summed E-state index contributed by atoms with van der Waals surface area (Å²) >= 11 is 0. The van der Waals surface area contributed by atoms with Gasteiger partial charge >= 0.3 is 5.97 Å². The molecule has 1 saturated heterocycles. The number of fused-ring (bicyclic) bond motifs is 3. The largest absolute Gasteiger partial charge is 0.450 e. The number of carbonyl (C=O) groups is 2. The normalized spacial score (nSPS) is 25.9. The Bertz CT molecular complexity index is 1140. The fourth-order valence-electron chi connectivity index (χ4n) is 5.19. The SMILES string of the molecule is O=C1OC2(CCN(C3=NC(=O)C4(Cc5cccc(F)c5C4)O3)CC2)c2ccccc21. The van der Waals surface area contributed by atoms with E-state index in [1.54, 1.807) is 12.1 Å². The molecule has 3 aliphatic heterocycles. The van der Waals surface area contributed by atoms with Crippen LogP contribution >= 0.6 is 0 Å². The number of halogens is 1. The molecule has 152 valence electrons. The second-order valence-electron chi connectivity index (χ2n) is 8.44. The van der Waals surface area contributed by atoms with Crippen LogP contribution in [0.1, 0.15) is 39.9 Å². The third-order valence-corrected chi connectivity index (χ3v) is 6.80. The second-order valence-corrected chi connectivity index (χ2v) is 8.44. The molecule has 1 fully saturated rings. The summed E-state index contributed by atoms with van der Waals surface area (Å²) in [5.41, 5.74) is 1.12. The van der Waals surface area contributed by atoms with E-state index in [9.17, 15) is 14.0 Å². The maximum Gasteiger partial charge on any atom is 0.339 e. The van der Waals surface area contributed by atoms with Crippen LogP contribution in [0.25, 0.3) is 0 Å². The lowest BCUT2D eigenvalue weighted by Gasteiger charge is -2.39. The lowest BCUT2D eigenvalue weighted by Crippen LogP contribution is -2.47. The van der Waals surface area contributed by atoms with E-state index in [0.29, 0.717) is 49.5 Å². The summed E-state index contributed by atoms with van der Waals surface area (Å²) in [6.45, 7) is 1.09. The van der Waals surface area contributed by atoms with Gasteiger partial charge in [-0.15, -0.1) is 0 Å². The van der Waals surface area contributed by atoms with Crippen molar-refractivity contribution in [3.8, 4) is 0 Å². The van der Waals surface area contributed by atoms with E-state index in [-0.39, 0.29) is 24.1 Å². The molecule has 1 amide bonds. The molecular formula is C23H19FN2O4. The zero-order chi connectivity index (χ0) is 20.5. The molecule has 2 spiro atoms. The Morgan fingerprint density at radius 3 is 2.53 bits per heavy atom. The number of esters is 1. The monoisotopic (exact) mass is 406 g/mol. The third kappa shape index (κ3) is 2.32. The molecule has 7 heteroatoms.